The lowest BCUT2D eigenvalue weighted by molar-refractivity contribution is -0.116. The maximum atomic E-state index is 12.3. The minimum Gasteiger partial charge on any atom is -0.444 e. The molecule has 1 aliphatic rings. The van der Waals surface area contributed by atoms with Crippen molar-refractivity contribution in [3.8, 4) is 0 Å². The van der Waals surface area contributed by atoms with E-state index in [1.807, 2.05) is 27.7 Å². The van der Waals surface area contributed by atoms with E-state index in [2.05, 4.69) is 13.8 Å². The van der Waals surface area contributed by atoms with E-state index >= 15 is 0 Å². The fourth-order valence-corrected chi connectivity index (χ4v) is 2.44. The molecule has 4 nitrogen and oxygen atoms in total. The average molecular weight is 297 g/mol. The van der Waals surface area contributed by atoms with Crippen LogP contribution in [0.1, 0.15) is 67.2 Å². The Balaban J connectivity index is 2.85. The topological polar surface area (TPSA) is 46.6 Å². The molecule has 1 heterocycles. The number of hydrogen-bond donors (Lipinski definition) is 0. The van der Waals surface area contributed by atoms with Crippen LogP contribution in [0.4, 0.5) is 4.79 Å². The maximum absolute atomic E-state index is 12.3. The van der Waals surface area contributed by atoms with Crippen molar-refractivity contribution in [3.63, 3.8) is 0 Å². The van der Waals surface area contributed by atoms with Crippen molar-refractivity contribution in [1.82, 2.24) is 4.90 Å². The van der Waals surface area contributed by atoms with Gasteiger partial charge in [0.1, 0.15) is 11.9 Å². The van der Waals surface area contributed by atoms with Gasteiger partial charge >= 0.3 is 6.09 Å². The molecule has 0 bridgehead atoms. The van der Waals surface area contributed by atoms with E-state index < -0.39 is 5.60 Å². The van der Waals surface area contributed by atoms with E-state index in [9.17, 15) is 9.59 Å². The second-order valence-corrected chi connectivity index (χ2v) is 8.40. The first-order valence-corrected chi connectivity index (χ1v) is 7.91. The van der Waals surface area contributed by atoms with Gasteiger partial charge < -0.3 is 14.4 Å². The van der Waals surface area contributed by atoms with Gasteiger partial charge in [-0.2, -0.15) is 0 Å². The maximum Gasteiger partial charge on any atom is 0.410 e. The number of aldehydes is 1. The second kappa shape index (κ2) is 6.37. The van der Waals surface area contributed by atoms with Crippen LogP contribution >= 0.6 is 0 Å². The number of carbonyl (C=O) groups excluding carboxylic acids is 2. The molecule has 0 aromatic carbocycles. The summed E-state index contributed by atoms with van der Waals surface area (Å²) in [7, 11) is 0. The van der Waals surface area contributed by atoms with Gasteiger partial charge in [0.25, 0.3) is 0 Å². The Morgan fingerprint density at radius 3 is 2.14 bits per heavy atom. The summed E-state index contributed by atoms with van der Waals surface area (Å²) in [4.78, 5) is 25.5. The van der Waals surface area contributed by atoms with E-state index in [1.54, 1.807) is 4.90 Å². The monoisotopic (exact) mass is 297 g/mol. The molecule has 0 aliphatic carbocycles. The molecule has 21 heavy (non-hydrogen) atoms. The molecule has 0 spiro atoms. The smallest absolute Gasteiger partial charge is 0.410 e. The van der Waals surface area contributed by atoms with Gasteiger partial charge in [0.05, 0.1) is 0 Å². The van der Waals surface area contributed by atoms with Gasteiger partial charge in [0, 0.05) is 18.5 Å². The third-order valence-electron chi connectivity index (χ3n) is 4.32. The first kappa shape index (κ1) is 18.0. The molecule has 1 saturated heterocycles. The minimum absolute atomic E-state index is 0.134. The Bertz CT molecular complexity index is 384. The summed E-state index contributed by atoms with van der Waals surface area (Å²) in [6.45, 7) is 13.3. The highest BCUT2D eigenvalue weighted by atomic mass is 16.6. The Morgan fingerprint density at radius 1 is 1.05 bits per heavy atom. The minimum atomic E-state index is -0.487. The van der Waals surface area contributed by atoms with Crippen molar-refractivity contribution < 1.29 is 14.3 Å². The zero-order valence-corrected chi connectivity index (χ0v) is 14.5. The summed E-state index contributed by atoms with van der Waals surface area (Å²) >= 11 is 0. The van der Waals surface area contributed by atoms with Gasteiger partial charge in [0.15, 0.2) is 0 Å². The Morgan fingerprint density at radius 2 is 1.62 bits per heavy atom. The van der Waals surface area contributed by atoms with Crippen molar-refractivity contribution >= 4 is 12.4 Å². The third kappa shape index (κ3) is 6.06. The fourth-order valence-electron chi connectivity index (χ4n) is 2.44. The summed E-state index contributed by atoms with van der Waals surface area (Å²) < 4.78 is 5.48. The molecule has 0 N–H and O–H groups in total. The largest absolute Gasteiger partial charge is 0.444 e. The summed E-state index contributed by atoms with van der Waals surface area (Å²) in [5.74, 6) is 0. The molecular formula is C17H31NO3. The highest BCUT2D eigenvalue weighted by Gasteiger charge is 2.33. The van der Waals surface area contributed by atoms with Crippen molar-refractivity contribution in [1.29, 1.82) is 0 Å². The standard InChI is InChI=1S/C17H31NO3/c1-15(2,3)21-14(20)18-11-9-16(4,5)7-8-17(6,13-19)10-12-18/h13H,7-12H2,1-6H3. The number of ether oxygens (including phenoxy) is 1. The van der Waals surface area contributed by atoms with E-state index in [0.717, 1.165) is 25.5 Å². The lowest BCUT2D eigenvalue weighted by Gasteiger charge is -2.30. The van der Waals surface area contributed by atoms with Gasteiger partial charge in [-0.15, -0.1) is 0 Å². The molecule has 1 amide bonds. The van der Waals surface area contributed by atoms with E-state index in [-0.39, 0.29) is 16.9 Å². The lowest BCUT2D eigenvalue weighted by Crippen LogP contribution is -2.39. The predicted octanol–water partition coefficient (Wildman–Crippen LogP) is 4.03. The van der Waals surface area contributed by atoms with Crippen molar-refractivity contribution in [3.05, 3.63) is 0 Å². The molecule has 1 atom stereocenters. The van der Waals surface area contributed by atoms with Crippen LogP contribution in [0, 0.1) is 10.8 Å². The highest BCUT2D eigenvalue weighted by Crippen LogP contribution is 2.36. The van der Waals surface area contributed by atoms with Crippen LogP contribution in [-0.4, -0.2) is 36.0 Å². The number of rotatable bonds is 1. The van der Waals surface area contributed by atoms with Crippen LogP contribution in [0.2, 0.25) is 0 Å². The third-order valence-corrected chi connectivity index (χ3v) is 4.32. The zero-order valence-electron chi connectivity index (χ0n) is 14.5. The van der Waals surface area contributed by atoms with Gasteiger partial charge in [0.2, 0.25) is 0 Å². The van der Waals surface area contributed by atoms with Crippen LogP contribution in [0.15, 0.2) is 0 Å². The Labute approximate surface area is 129 Å². The lowest BCUT2D eigenvalue weighted by atomic mass is 9.76. The highest BCUT2D eigenvalue weighted by molar-refractivity contribution is 5.68. The van der Waals surface area contributed by atoms with Crippen LogP contribution in [0.5, 0.6) is 0 Å². The van der Waals surface area contributed by atoms with E-state index in [1.165, 1.54) is 0 Å². The second-order valence-electron chi connectivity index (χ2n) is 8.40. The van der Waals surface area contributed by atoms with Crippen molar-refractivity contribution in [2.45, 2.75) is 72.8 Å². The molecule has 122 valence electrons. The SMILES string of the molecule is CC1(C)CCN(C(=O)OC(C)(C)C)CCC(C)(C=O)CC1. The first-order valence-electron chi connectivity index (χ1n) is 7.91. The first-order chi connectivity index (χ1) is 9.46. The van der Waals surface area contributed by atoms with E-state index in [0.29, 0.717) is 19.5 Å². The van der Waals surface area contributed by atoms with Crippen molar-refractivity contribution in [2.24, 2.45) is 10.8 Å². The summed E-state index contributed by atoms with van der Waals surface area (Å²) in [6, 6.07) is 0. The predicted molar refractivity (Wildman–Crippen MR) is 84.2 cm³/mol. The molecule has 0 radical (unpaired) electrons. The fraction of sp³-hybridized carbons (Fsp3) is 0.882. The Kier molecular flexibility index (Phi) is 5.46. The molecular weight excluding hydrogens is 266 g/mol. The number of nitrogens with zero attached hydrogens (tertiary/aromatic N) is 1. The molecule has 1 unspecified atom stereocenters. The van der Waals surface area contributed by atoms with Gasteiger partial charge in [-0.1, -0.05) is 20.8 Å². The summed E-state index contributed by atoms with van der Waals surface area (Å²) in [6.07, 6.45) is 4.30. The molecule has 1 aliphatic heterocycles. The van der Waals surface area contributed by atoms with Crippen molar-refractivity contribution in [2.75, 3.05) is 13.1 Å². The zero-order chi connectivity index (χ0) is 16.3. The van der Waals surface area contributed by atoms with Gasteiger partial charge in [-0.25, -0.2) is 4.79 Å². The average Bonchev–Trinajstić information content (AvgIpc) is 2.39. The molecule has 0 aromatic rings. The van der Waals surface area contributed by atoms with E-state index in [4.69, 9.17) is 4.74 Å². The number of amides is 1. The molecule has 4 heteroatoms. The van der Waals surface area contributed by atoms with Crippen LogP contribution in [0.3, 0.4) is 0 Å². The van der Waals surface area contributed by atoms with Gasteiger partial charge in [-0.05, 0) is 51.9 Å². The molecule has 0 aromatic heterocycles. The summed E-state index contributed by atoms with van der Waals surface area (Å²) in [5.41, 5.74) is -0.699. The number of hydrogen-bond acceptors (Lipinski definition) is 3. The summed E-state index contributed by atoms with van der Waals surface area (Å²) in [5, 5.41) is 0. The quantitative estimate of drug-likeness (QED) is 0.686. The normalized spacial score (nSPS) is 27.2. The molecule has 1 fully saturated rings. The van der Waals surface area contributed by atoms with Crippen LogP contribution in [-0.2, 0) is 9.53 Å². The Hall–Kier alpha value is -1.06. The van der Waals surface area contributed by atoms with Crippen LogP contribution < -0.4 is 0 Å². The molecule has 1 rings (SSSR count). The molecule has 0 saturated carbocycles. The number of carbonyl (C=O) groups is 2. The van der Waals surface area contributed by atoms with Gasteiger partial charge in [-0.3, -0.25) is 0 Å². The van der Waals surface area contributed by atoms with Crippen LogP contribution in [0.25, 0.3) is 0 Å².